The van der Waals surface area contributed by atoms with E-state index in [1.54, 1.807) is 25.1 Å². The van der Waals surface area contributed by atoms with Gasteiger partial charge in [-0.15, -0.1) is 0 Å². The van der Waals surface area contributed by atoms with Crippen LogP contribution < -0.4 is 5.32 Å². The molecule has 0 aromatic carbocycles. The van der Waals surface area contributed by atoms with Crippen molar-refractivity contribution in [1.82, 2.24) is 9.62 Å². The van der Waals surface area contributed by atoms with Gasteiger partial charge in [-0.2, -0.15) is 4.31 Å². The molecule has 0 aromatic rings. The molecule has 1 unspecified atom stereocenters. The van der Waals surface area contributed by atoms with Crippen LogP contribution in [0.15, 0.2) is 0 Å². The average Bonchev–Trinajstić information content (AvgIpc) is 2.02. The zero-order valence-electron chi connectivity index (χ0n) is 9.37. The zero-order valence-corrected chi connectivity index (χ0v) is 10.2. The van der Waals surface area contributed by atoms with Crippen LogP contribution in [0.2, 0.25) is 0 Å². The number of hydrogen-bond donors (Lipinski definition) is 1. The highest BCUT2D eigenvalue weighted by Gasteiger charge is 2.38. The van der Waals surface area contributed by atoms with Crippen molar-refractivity contribution in [3.05, 3.63) is 0 Å². The first-order chi connectivity index (χ1) is 6.27. The molecule has 14 heavy (non-hydrogen) atoms. The molecule has 1 aliphatic heterocycles. The Balaban J connectivity index is 2.92. The van der Waals surface area contributed by atoms with Crippen molar-refractivity contribution >= 4 is 10.0 Å². The molecule has 4 nitrogen and oxygen atoms in total. The molecule has 0 spiro atoms. The van der Waals surface area contributed by atoms with Crippen molar-refractivity contribution in [3.63, 3.8) is 0 Å². The first-order valence-corrected chi connectivity index (χ1v) is 6.43. The smallest absolute Gasteiger partial charge is 0.219 e. The highest BCUT2D eigenvalue weighted by atomic mass is 32.2. The molecule has 1 N–H and O–H groups in total. The second-order valence-electron chi connectivity index (χ2n) is 4.78. The quantitative estimate of drug-likeness (QED) is 0.696. The van der Waals surface area contributed by atoms with E-state index in [4.69, 9.17) is 0 Å². The molecule has 1 heterocycles. The van der Waals surface area contributed by atoms with E-state index in [0.717, 1.165) is 13.1 Å². The summed E-state index contributed by atoms with van der Waals surface area (Å²) in [6.07, 6.45) is 0. The molecule has 5 heteroatoms. The van der Waals surface area contributed by atoms with Crippen LogP contribution in [-0.2, 0) is 10.0 Å². The van der Waals surface area contributed by atoms with E-state index in [1.165, 1.54) is 0 Å². The molecule has 0 aliphatic carbocycles. The minimum Gasteiger partial charge on any atom is -0.314 e. The van der Waals surface area contributed by atoms with E-state index in [0.29, 0.717) is 6.54 Å². The van der Waals surface area contributed by atoms with E-state index >= 15 is 0 Å². The van der Waals surface area contributed by atoms with Crippen LogP contribution in [0.25, 0.3) is 0 Å². The van der Waals surface area contributed by atoms with E-state index < -0.39 is 14.8 Å². The first-order valence-electron chi connectivity index (χ1n) is 4.99. The summed E-state index contributed by atoms with van der Waals surface area (Å²) >= 11 is 0. The number of piperazine rings is 1. The topological polar surface area (TPSA) is 49.4 Å². The Labute approximate surface area is 86.7 Å². The summed E-state index contributed by atoms with van der Waals surface area (Å²) in [6, 6.07) is 0.0629. The zero-order chi connectivity index (χ0) is 11.0. The van der Waals surface area contributed by atoms with Gasteiger partial charge in [0.2, 0.25) is 10.0 Å². The fourth-order valence-corrected chi connectivity index (χ4v) is 3.11. The fraction of sp³-hybridized carbons (Fsp3) is 1.00. The van der Waals surface area contributed by atoms with Gasteiger partial charge in [0.25, 0.3) is 0 Å². The average molecular weight is 220 g/mol. The third-order valence-corrected chi connectivity index (χ3v) is 5.23. The molecule has 1 saturated heterocycles. The van der Waals surface area contributed by atoms with Crippen molar-refractivity contribution in [2.75, 3.05) is 19.6 Å². The van der Waals surface area contributed by atoms with Gasteiger partial charge in [-0.25, -0.2) is 8.42 Å². The molecule has 1 atom stereocenters. The second kappa shape index (κ2) is 3.79. The maximum absolute atomic E-state index is 12.1. The normalized spacial score (nSPS) is 26.4. The maximum atomic E-state index is 12.1. The van der Waals surface area contributed by atoms with Crippen molar-refractivity contribution in [2.24, 2.45) is 0 Å². The maximum Gasteiger partial charge on any atom is 0.219 e. The SMILES string of the molecule is CC1CNCCN1S(=O)(=O)C(C)(C)C. The van der Waals surface area contributed by atoms with Crippen LogP contribution in [-0.4, -0.2) is 43.1 Å². The van der Waals surface area contributed by atoms with Gasteiger partial charge in [-0.1, -0.05) is 0 Å². The molecule has 0 bridgehead atoms. The van der Waals surface area contributed by atoms with E-state index in [-0.39, 0.29) is 6.04 Å². The molecule has 0 radical (unpaired) electrons. The van der Waals surface area contributed by atoms with Crippen LogP contribution in [0.5, 0.6) is 0 Å². The Bertz CT molecular complexity index is 292. The van der Waals surface area contributed by atoms with E-state index in [1.807, 2.05) is 6.92 Å². The predicted octanol–water partition coefficient (Wildman–Crippen LogP) is 0.408. The Hall–Kier alpha value is -0.130. The summed E-state index contributed by atoms with van der Waals surface area (Å²) in [5.74, 6) is 0. The van der Waals surface area contributed by atoms with Crippen LogP contribution in [0, 0.1) is 0 Å². The lowest BCUT2D eigenvalue weighted by molar-refractivity contribution is 0.277. The minimum absolute atomic E-state index is 0.0629. The largest absolute Gasteiger partial charge is 0.314 e. The second-order valence-corrected chi connectivity index (χ2v) is 7.43. The van der Waals surface area contributed by atoms with Gasteiger partial charge in [0.05, 0.1) is 4.75 Å². The lowest BCUT2D eigenvalue weighted by Gasteiger charge is -2.37. The van der Waals surface area contributed by atoms with Gasteiger partial charge in [0.15, 0.2) is 0 Å². The summed E-state index contributed by atoms with van der Waals surface area (Å²) in [5.41, 5.74) is 0. The Morgan fingerprint density at radius 3 is 2.36 bits per heavy atom. The predicted molar refractivity (Wildman–Crippen MR) is 57.7 cm³/mol. The number of nitrogens with zero attached hydrogens (tertiary/aromatic N) is 1. The Kier molecular flexibility index (Phi) is 3.23. The lowest BCUT2D eigenvalue weighted by Crippen LogP contribution is -2.56. The van der Waals surface area contributed by atoms with Crippen LogP contribution in [0.4, 0.5) is 0 Å². The Morgan fingerprint density at radius 2 is 1.93 bits per heavy atom. The van der Waals surface area contributed by atoms with Crippen molar-refractivity contribution < 1.29 is 8.42 Å². The van der Waals surface area contributed by atoms with E-state index in [2.05, 4.69) is 5.32 Å². The van der Waals surface area contributed by atoms with Crippen LogP contribution in [0.1, 0.15) is 27.7 Å². The van der Waals surface area contributed by atoms with Crippen LogP contribution in [0.3, 0.4) is 0 Å². The summed E-state index contributed by atoms with van der Waals surface area (Å²) in [4.78, 5) is 0. The highest BCUT2D eigenvalue weighted by Crippen LogP contribution is 2.22. The molecule has 1 aliphatic rings. The minimum atomic E-state index is -3.16. The van der Waals surface area contributed by atoms with Gasteiger partial charge in [-0.3, -0.25) is 0 Å². The molecular weight excluding hydrogens is 200 g/mol. The van der Waals surface area contributed by atoms with Crippen molar-refractivity contribution in [3.8, 4) is 0 Å². The van der Waals surface area contributed by atoms with Crippen molar-refractivity contribution in [1.29, 1.82) is 0 Å². The molecule has 0 saturated carbocycles. The first kappa shape index (κ1) is 11.9. The van der Waals surface area contributed by atoms with Gasteiger partial charge < -0.3 is 5.32 Å². The number of nitrogens with one attached hydrogen (secondary N) is 1. The molecule has 84 valence electrons. The highest BCUT2D eigenvalue weighted by molar-refractivity contribution is 7.90. The summed E-state index contributed by atoms with van der Waals surface area (Å²) in [7, 11) is -3.16. The third kappa shape index (κ3) is 2.10. The molecule has 1 rings (SSSR count). The van der Waals surface area contributed by atoms with Gasteiger partial charge in [0.1, 0.15) is 0 Å². The Morgan fingerprint density at radius 1 is 1.36 bits per heavy atom. The summed E-state index contributed by atoms with van der Waals surface area (Å²) < 4.78 is 25.2. The summed E-state index contributed by atoms with van der Waals surface area (Å²) in [5, 5.41) is 3.18. The standard InChI is InChI=1S/C9H20N2O2S/c1-8-7-10-5-6-11(8)14(12,13)9(2,3)4/h8,10H,5-7H2,1-4H3. The molecule has 0 amide bonds. The van der Waals surface area contributed by atoms with Crippen LogP contribution >= 0.6 is 0 Å². The molecule has 1 fully saturated rings. The van der Waals surface area contributed by atoms with Gasteiger partial charge >= 0.3 is 0 Å². The summed E-state index contributed by atoms with van der Waals surface area (Å²) in [6.45, 7) is 9.26. The number of hydrogen-bond acceptors (Lipinski definition) is 3. The van der Waals surface area contributed by atoms with E-state index in [9.17, 15) is 8.42 Å². The number of sulfonamides is 1. The van der Waals surface area contributed by atoms with Crippen molar-refractivity contribution in [2.45, 2.75) is 38.5 Å². The van der Waals surface area contributed by atoms with Gasteiger partial charge in [0, 0.05) is 25.7 Å². The third-order valence-electron chi connectivity index (χ3n) is 2.52. The van der Waals surface area contributed by atoms with Gasteiger partial charge in [-0.05, 0) is 27.7 Å². The fourth-order valence-electron chi connectivity index (χ4n) is 1.53. The lowest BCUT2D eigenvalue weighted by atomic mass is 10.3. The molecule has 0 aromatic heterocycles. The monoisotopic (exact) mass is 220 g/mol. The number of rotatable bonds is 1. The molecular formula is C9H20N2O2S.